The number of piperidine rings is 1. The van der Waals surface area contributed by atoms with E-state index in [2.05, 4.69) is 0 Å². The summed E-state index contributed by atoms with van der Waals surface area (Å²) in [5, 5.41) is 0. The van der Waals surface area contributed by atoms with Crippen LogP contribution >= 0.6 is 0 Å². The summed E-state index contributed by atoms with van der Waals surface area (Å²) >= 11 is 0. The van der Waals surface area contributed by atoms with Crippen LogP contribution in [0.25, 0.3) is 0 Å². The Bertz CT molecular complexity index is 920. The molecule has 1 fully saturated rings. The normalized spacial score (nSPS) is 23.3. The molecule has 2 bridgehead atoms. The Morgan fingerprint density at radius 1 is 1.04 bits per heavy atom. The Kier molecular flexibility index (Phi) is 3.13. The zero-order valence-corrected chi connectivity index (χ0v) is 13.7. The topological polar surface area (TPSA) is 60.8 Å². The van der Waals surface area contributed by atoms with Gasteiger partial charge in [0.2, 0.25) is 6.79 Å². The number of benzene rings is 1. The molecule has 0 aliphatic carbocycles. The molecule has 1 saturated heterocycles. The molecule has 5 rings (SSSR count). The molecule has 1 aromatic heterocycles. The van der Waals surface area contributed by atoms with E-state index in [1.54, 1.807) is 24.3 Å². The first-order valence-electron chi connectivity index (χ1n) is 8.58. The van der Waals surface area contributed by atoms with Crippen molar-refractivity contribution in [3.05, 3.63) is 58.0 Å². The van der Waals surface area contributed by atoms with E-state index in [1.807, 2.05) is 21.6 Å². The lowest BCUT2D eigenvalue weighted by Crippen LogP contribution is -2.49. The standard InChI is InChI=1S/C19H18N2O4/c22-18-3-1-2-15-14-6-12(9-21(15)18)8-20(10-14)19(23)13-4-5-16-17(7-13)25-11-24-16/h1-5,7,12,14H,6,8-11H2. The number of likely N-dealkylation sites (tertiary alicyclic amines) is 1. The van der Waals surface area contributed by atoms with Crippen LogP contribution in [0, 0.1) is 5.92 Å². The third-order valence-electron chi connectivity index (χ3n) is 5.39. The van der Waals surface area contributed by atoms with Crippen molar-refractivity contribution in [1.29, 1.82) is 0 Å². The Hall–Kier alpha value is -2.76. The SMILES string of the molecule is O=C(c1ccc2c(c1)OCO2)N1CC2CC(C1)c1cccc(=O)n1C2. The quantitative estimate of drug-likeness (QED) is 0.796. The van der Waals surface area contributed by atoms with E-state index < -0.39 is 0 Å². The van der Waals surface area contributed by atoms with Crippen molar-refractivity contribution in [2.45, 2.75) is 18.9 Å². The highest BCUT2D eigenvalue weighted by atomic mass is 16.7. The van der Waals surface area contributed by atoms with Gasteiger partial charge in [-0.15, -0.1) is 0 Å². The van der Waals surface area contributed by atoms with Gasteiger partial charge in [0.05, 0.1) is 0 Å². The number of amides is 1. The summed E-state index contributed by atoms with van der Waals surface area (Å²) in [6, 6.07) is 10.8. The second kappa shape index (κ2) is 5.37. The summed E-state index contributed by atoms with van der Waals surface area (Å²) in [7, 11) is 0. The highest BCUT2D eigenvalue weighted by molar-refractivity contribution is 5.95. The highest BCUT2D eigenvalue weighted by Gasteiger charge is 2.36. The van der Waals surface area contributed by atoms with Crippen LogP contribution in [-0.4, -0.2) is 35.3 Å². The lowest BCUT2D eigenvalue weighted by atomic mass is 9.83. The lowest BCUT2D eigenvalue weighted by Gasteiger charge is -2.42. The summed E-state index contributed by atoms with van der Waals surface area (Å²) in [5.74, 6) is 1.86. The lowest BCUT2D eigenvalue weighted by molar-refractivity contribution is 0.0594. The first-order chi connectivity index (χ1) is 12.2. The summed E-state index contributed by atoms with van der Waals surface area (Å²) in [6.45, 7) is 2.22. The smallest absolute Gasteiger partial charge is 0.254 e. The van der Waals surface area contributed by atoms with Gasteiger partial charge in [-0.3, -0.25) is 9.59 Å². The number of carbonyl (C=O) groups is 1. The molecule has 2 unspecified atom stereocenters. The van der Waals surface area contributed by atoms with Crippen molar-refractivity contribution < 1.29 is 14.3 Å². The van der Waals surface area contributed by atoms with Crippen molar-refractivity contribution in [3.63, 3.8) is 0 Å². The van der Waals surface area contributed by atoms with Gasteiger partial charge in [-0.2, -0.15) is 0 Å². The number of fused-ring (bicyclic) bond motifs is 5. The number of carbonyl (C=O) groups excluding carboxylic acids is 1. The van der Waals surface area contributed by atoms with Gasteiger partial charge in [-0.05, 0) is 36.6 Å². The fourth-order valence-corrected chi connectivity index (χ4v) is 4.27. The van der Waals surface area contributed by atoms with Crippen molar-refractivity contribution in [3.8, 4) is 11.5 Å². The third kappa shape index (κ3) is 2.32. The monoisotopic (exact) mass is 338 g/mol. The zero-order chi connectivity index (χ0) is 17.0. The molecule has 0 spiro atoms. The molecule has 0 saturated carbocycles. The average molecular weight is 338 g/mol. The van der Waals surface area contributed by atoms with E-state index in [1.165, 1.54) is 0 Å². The molecule has 6 nitrogen and oxygen atoms in total. The molecule has 1 amide bonds. The Labute approximate surface area is 144 Å². The fraction of sp³-hybridized carbons (Fsp3) is 0.368. The second-order valence-electron chi connectivity index (χ2n) is 6.98. The van der Waals surface area contributed by atoms with Crippen molar-refractivity contribution in [2.75, 3.05) is 19.9 Å². The molecule has 2 aromatic rings. The van der Waals surface area contributed by atoms with Crippen molar-refractivity contribution >= 4 is 5.91 Å². The van der Waals surface area contributed by atoms with E-state index in [9.17, 15) is 9.59 Å². The van der Waals surface area contributed by atoms with Crippen molar-refractivity contribution in [2.24, 2.45) is 5.92 Å². The predicted octanol–water partition coefficient (Wildman–Crippen LogP) is 1.84. The molecular formula is C19H18N2O4. The summed E-state index contributed by atoms with van der Waals surface area (Å²) in [5.41, 5.74) is 1.73. The minimum atomic E-state index is 0.0136. The van der Waals surface area contributed by atoms with Gasteiger partial charge < -0.3 is 18.9 Å². The zero-order valence-electron chi connectivity index (χ0n) is 13.7. The van der Waals surface area contributed by atoms with E-state index in [0.717, 1.165) is 12.1 Å². The molecule has 25 heavy (non-hydrogen) atoms. The van der Waals surface area contributed by atoms with Crippen LogP contribution in [0.5, 0.6) is 11.5 Å². The highest BCUT2D eigenvalue weighted by Crippen LogP contribution is 2.37. The second-order valence-corrected chi connectivity index (χ2v) is 6.98. The molecule has 3 aliphatic rings. The number of rotatable bonds is 1. The van der Waals surface area contributed by atoms with E-state index in [0.29, 0.717) is 42.6 Å². The van der Waals surface area contributed by atoms with Gasteiger partial charge in [0.1, 0.15) is 0 Å². The molecule has 1 aromatic carbocycles. The number of nitrogens with zero attached hydrogens (tertiary/aromatic N) is 2. The number of ether oxygens (including phenoxy) is 2. The van der Waals surface area contributed by atoms with Crippen LogP contribution in [0.15, 0.2) is 41.2 Å². The Morgan fingerprint density at radius 2 is 1.92 bits per heavy atom. The minimum absolute atomic E-state index is 0.0136. The van der Waals surface area contributed by atoms with Gasteiger partial charge in [0.15, 0.2) is 11.5 Å². The number of pyridine rings is 1. The van der Waals surface area contributed by atoms with Crippen molar-refractivity contribution in [1.82, 2.24) is 9.47 Å². The molecule has 3 aliphatic heterocycles. The molecular weight excluding hydrogens is 320 g/mol. The molecule has 0 radical (unpaired) electrons. The van der Waals surface area contributed by atoms with Crippen LogP contribution in [0.3, 0.4) is 0 Å². The average Bonchev–Trinajstić information content (AvgIpc) is 3.09. The van der Waals surface area contributed by atoms with Crippen LogP contribution in [0.4, 0.5) is 0 Å². The predicted molar refractivity (Wildman–Crippen MR) is 90.0 cm³/mol. The molecule has 2 atom stereocenters. The summed E-state index contributed by atoms with van der Waals surface area (Å²) in [6.07, 6.45) is 1.04. The maximum Gasteiger partial charge on any atom is 0.254 e. The summed E-state index contributed by atoms with van der Waals surface area (Å²) in [4.78, 5) is 27.0. The van der Waals surface area contributed by atoms with Gasteiger partial charge in [-0.25, -0.2) is 0 Å². The number of hydrogen-bond donors (Lipinski definition) is 0. The summed E-state index contributed by atoms with van der Waals surface area (Å²) < 4.78 is 12.6. The van der Waals surface area contributed by atoms with Gasteiger partial charge in [0.25, 0.3) is 11.5 Å². The van der Waals surface area contributed by atoms with Crippen LogP contribution in [-0.2, 0) is 6.54 Å². The van der Waals surface area contributed by atoms with Gasteiger partial charge >= 0.3 is 0 Å². The third-order valence-corrected chi connectivity index (χ3v) is 5.39. The first kappa shape index (κ1) is 14.6. The van der Waals surface area contributed by atoms with Crippen LogP contribution < -0.4 is 15.0 Å². The Balaban J connectivity index is 1.43. The van der Waals surface area contributed by atoms with Gasteiger partial charge in [0, 0.05) is 42.9 Å². The van der Waals surface area contributed by atoms with E-state index in [-0.39, 0.29) is 24.2 Å². The Morgan fingerprint density at radius 3 is 2.84 bits per heavy atom. The largest absolute Gasteiger partial charge is 0.454 e. The molecule has 4 heterocycles. The first-order valence-corrected chi connectivity index (χ1v) is 8.58. The van der Waals surface area contributed by atoms with E-state index in [4.69, 9.17) is 9.47 Å². The van der Waals surface area contributed by atoms with Crippen LogP contribution in [0.1, 0.15) is 28.4 Å². The fourth-order valence-electron chi connectivity index (χ4n) is 4.27. The van der Waals surface area contributed by atoms with Gasteiger partial charge in [-0.1, -0.05) is 6.07 Å². The maximum atomic E-state index is 13.0. The molecule has 6 heteroatoms. The number of hydrogen-bond acceptors (Lipinski definition) is 4. The van der Waals surface area contributed by atoms with E-state index >= 15 is 0 Å². The molecule has 0 N–H and O–H groups in total. The molecule has 128 valence electrons. The maximum absolute atomic E-state index is 13.0. The minimum Gasteiger partial charge on any atom is -0.454 e. The van der Waals surface area contributed by atoms with Crippen LogP contribution in [0.2, 0.25) is 0 Å². The number of aromatic nitrogens is 1.